The first-order chi connectivity index (χ1) is 13.8. The van der Waals surface area contributed by atoms with Gasteiger partial charge in [-0.3, -0.25) is 4.79 Å². The average molecular weight is 414 g/mol. The van der Waals surface area contributed by atoms with Crippen molar-refractivity contribution in [3.05, 3.63) is 75.6 Å². The fourth-order valence-corrected chi connectivity index (χ4v) is 4.64. The van der Waals surface area contributed by atoms with Gasteiger partial charge in [0.2, 0.25) is 11.5 Å². The van der Waals surface area contributed by atoms with Crippen LogP contribution in [0.5, 0.6) is 0 Å². The molecule has 4 rings (SSSR count). The molecule has 29 heavy (non-hydrogen) atoms. The lowest BCUT2D eigenvalue weighted by Gasteiger charge is -2.33. The Morgan fingerprint density at radius 1 is 1.31 bits per heavy atom. The van der Waals surface area contributed by atoms with E-state index < -0.39 is 11.9 Å². The zero-order valence-corrected chi connectivity index (χ0v) is 16.8. The normalized spacial score (nSPS) is 23.1. The van der Waals surface area contributed by atoms with Crippen LogP contribution in [0.2, 0.25) is 5.02 Å². The van der Waals surface area contributed by atoms with E-state index in [1.807, 2.05) is 19.1 Å². The van der Waals surface area contributed by atoms with Crippen LogP contribution in [0.3, 0.4) is 0 Å². The fraction of sp³-hybridized carbons (Fsp3) is 0.273. The Labute approximate surface area is 173 Å². The number of allylic oxidation sites excluding steroid dienone is 1. The molecule has 2 aromatic rings. The Bertz CT molecular complexity index is 1050. The van der Waals surface area contributed by atoms with E-state index in [1.54, 1.807) is 12.1 Å². The second-order valence-corrected chi connectivity index (χ2v) is 7.88. The van der Waals surface area contributed by atoms with Gasteiger partial charge in [-0.05, 0) is 48.9 Å². The largest absolute Gasteiger partial charge is 0.511 e. The molecular weight excluding hydrogens is 392 g/mol. The molecule has 0 fully saturated rings. The standard InChI is InChI=1S/C22H21ClN2O4/c1-2-25(24)12-20(29-22(27)28)21(26)17-10-16(18(23)11-19(17)25)15-9-5-7-13-6-3-4-8-14(13)15/h3-4,6,8,10-12,15H,2,5,7,9,24H2,1H3/p+1/t15?,25-/m1/s1. The molecule has 0 radical (unpaired) electrons. The number of carboxylic acid groups (broad SMARTS) is 1. The Morgan fingerprint density at radius 2 is 2.07 bits per heavy atom. The molecule has 1 unspecified atom stereocenters. The van der Waals surface area contributed by atoms with E-state index in [2.05, 4.69) is 12.1 Å². The molecule has 2 aliphatic rings. The zero-order chi connectivity index (χ0) is 20.8. The molecule has 0 saturated carbocycles. The van der Waals surface area contributed by atoms with Gasteiger partial charge in [0.05, 0.1) is 10.6 Å². The fourth-order valence-electron chi connectivity index (χ4n) is 4.35. The molecule has 0 saturated heterocycles. The Morgan fingerprint density at radius 3 is 2.79 bits per heavy atom. The zero-order valence-electron chi connectivity index (χ0n) is 16.0. The summed E-state index contributed by atoms with van der Waals surface area (Å²) in [6.45, 7) is 2.24. The van der Waals surface area contributed by atoms with Gasteiger partial charge in [-0.15, -0.1) is 0 Å². The SMILES string of the molecule is CC[N@@+]1(N)C=C(OC(=O)O)C(=O)c2cc(C3CCCc4ccccc43)c(Cl)cc21. The number of ketones is 1. The quantitative estimate of drug-likeness (QED) is 0.431. The number of fused-ring (bicyclic) bond motifs is 2. The summed E-state index contributed by atoms with van der Waals surface area (Å²) in [5.74, 6) is 5.73. The first-order valence-electron chi connectivity index (χ1n) is 9.60. The summed E-state index contributed by atoms with van der Waals surface area (Å²) in [7, 11) is 0. The predicted octanol–water partition coefficient (Wildman–Crippen LogP) is 4.74. The summed E-state index contributed by atoms with van der Waals surface area (Å²) < 4.78 is 4.47. The van der Waals surface area contributed by atoms with Crippen molar-refractivity contribution >= 4 is 29.2 Å². The summed E-state index contributed by atoms with van der Waals surface area (Å²) in [6, 6.07) is 11.8. The van der Waals surface area contributed by atoms with Gasteiger partial charge in [-0.2, -0.15) is 10.4 Å². The molecule has 1 aliphatic carbocycles. The second-order valence-electron chi connectivity index (χ2n) is 7.47. The Balaban J connectivity index is 1.86. The van der Waals surface area contributed by atoms with Crippen LogP contribution in [0.25, 0.3) is 0 Å². The first kappa shape index (κ1) is 19.6. The van der Waals surface area contributed by atoms with E-state index >= 15 is 0 Å². The van der Waals surface area contributed by atoms with Crippen molar-refractivity contribution in [3.63, 3.8) is 0 Å². The third kappa shape index (κ3) is 3.33. The van der Waals surface area contributed by atoms with Crippen LogP contribution >= 0.6 is 11.6 Å². The van der Waals surface area contributed by atoms with Crippen LogP contribution in [0.1, 0.15) is 52.7 Å². The van der Waals surface area contributed by atoms with Crippen molar-refractivity contribution in [1.29, 1.82) is 0 Å². The van der Waals surface area contributed by atoms with E-state index in [9.17, 15) is 9.59 Å². The molecule has 1 aliphatic heterocycles. The minimum atomic E-state index is -1.55. The van der Waals surface area contributed by atoms with Gasteiger partial charge in [-0.25, -0.2) is 4.79 Å². The Hall–Kier alpha value is -2.67. The van der Waals surface area contributed by atoms with Crippen LogP contribution < -0.4 is 10.4 Å². The topological polar surface area (TPSA) is 89.6 Å². The number of ether oxygens (including phenoxy) is 1. The smallest absolute Gasteiger partial charge is 0.449 e. The van der Waals surface area contributed by atoms with Gasteiger partial charge in [0.1, 0.15) is 6.54 Å². The first-order valence-corrected chi connectivity index (χ1v) is 9.98. The third-order valence-corrected chi connectivity index (χ3v) is 6.17. The lowest BCUT2D eigenvalue weighted by Crippen LogP contribution is -2.54. The van der Waals surface area contributed by atoms with Gasteiger partial charge >= 0.3 is 6.16 Å². The van der Waals surface area contributed by atoms with Crippen molar-refractivity contribution in [3.8, 4) is 0 Å². The summed E-state index contributed by atoms with van der Waals surface area (Å²) >= 11 is 6.69. The van der Waals surface area contributed by atoms with Crippen LogP contribution in [0.15, 0.2) is 48.4 Å². The molecule has 1 heterocycles. The van der Waals surface area contributed by atoms with Crippen molar-refractivity contribution in [2.24, 2.45) is 5.84 Å². The number of rotatable bonds is 3. The molecule has 0 spiro atoms. The maximum absolute atomic E-state index is 13.0. The minimum Gasteiger partial charge on any atom is -0.449 e. The summed E-state index contributed by atoms with van der Waals surface area (Å²) in [5.41, 5.74) is 4.22. The number of aryl methyl sites for hydroxylation is 1. The van der Waals surface area contributed by atoms with Crippen molar-refractivity contribution in [2.75, 3.05) is 6.54 Å². The van der Waals surface area contributed by atoms with Gasteiger partial charge in [0.25, 0.3) is 0 Å². The maximum atomic E-state index is 13.0. The highest BCUT2D eigenvalue weighted by Gasteiger charge is 2.40. The molecular formula is C22H22ClN2O4+. The number of halogens is 1. The van der Waals surface area contributed by atoms with Crippen LogP contribution in [0, 0.1) is 0 Å². The minimum absolute atomic E-state index is 0.0709. The molecule has 0 bridgehead atoms. The van der Waals surface area contributed by atoms with E-state index in [4.69, 9.17) is 27.3 Å². The van der Waals surface area contributed by atoms with Gasteiger partial charge in [-0.1, -0.05) is 35.9 Å². The molecule has 3 N–H and O–H groups in total. The van der Waals surface area contributed by atoms with Crippen LogP contribution in [-0.2, 0) is 11.2 Å². The molecule has 150 valence electrons. The van der Waals surface area contributed by atoms with Gasteiger partial charge in [0, 0.05) is 12.0 Å². The van der Waals surface area contributed by atoms with E-state index in [0.29, 0.717) is 22.8 Å². The van der Waals surface area contributed by atoms with Crippen molar-refractivity contribution < 1.29 is 19.4 Å². The highest BCUT2D eigenvalue weighted by molar-refractivity contribution is 6.32. The molecule has 2 atom stereocenters. The van der Waals surface area contributed by atoms with Gasteiger partial charge < -0.3 is 9.84 Å². The van der Waals surface area contributed by atoms with Crippen LogP contribution in [0.4, 0.5) is 10.5 Å². The highest BCUT2D eigenvalue weighted by Crippen LogP contribution is 2.44. The number of carbonyl (C=O) groups excluding carboxylic acids is 1. The maximum Gasteiger partial charge on any atom is 0.511 e. The Kier molecular flexibility index (Phi) is 4.94. The summed E-state index contributed by atoms with van der Waals surface area (Å²) in [6.07, 6.45) is 2.75. The number of quaternary nitrogens is 1. The molecule has 0 aromatic heterocycles. The highest BCUT2D eigenvalue weighted by atomic mass is 35.5. The number of hydrogen-bond donors (Lipinski definition) is 2. The number of nitrogens with two attached hydrogens (primary N) is 1. The number of nitrogens with zero attached hydrogens (tertiary/aromatic N) is 1. The molecule has 0 amide bonds. The third-order valence-electron chi connectivity index (χ3n) is 5.84. The predicted molar refractivity (Wildman–Crippen MR) is 111 cm³/mol. The number of benzene rings is 2. The average Bonchev–Trinajstić information content (AvgIpc) is 2.71. The number of hydrogen-bond acceptors (Lipinski definition) is 4. The molecule has 7 heteroatoms. The summed E-state index contributed by atoms with van der Waals surface area (Å²) in [5, 5.41) is 9.55. The molecule has 2 aromatic carbocycles. The monoisotopic (exact) mass is 413 g/mol. The van der Waals surface area contributed by atoms with Gasteiger partial charge in [0.15, 0.2) is 11.9 Å². The number of carbonyl (C=O) groups is 2. The van der Waals surface area contributed by atoms with Crippen LogP contribution in [-0.4, -0.2) is 23.6 Å². The lowest BCUT2D eigenvalue weighted by molar-refractivity contribution is 0.0843. The second kappa shape index (κ2) is 7.30. The van der Waals surface area contributed by atoms with E-state index in [-0.39, 0.29) is 16.3 Å². The van der Waals surface area contributed by atoms with Crippen molar-refractivity contribution in [2.45, 2.75) is 32.1 Å². The van der Waals surface area contributed by atoms with E-state index in [0.717, 1.165) is 24.8 Å². The lowest BCUT2D eigenvalue weighted by atomic mass is 9.78. The van der Waals surface area contributed by atoms with Crippen molar-refractivity contribution in [1.82, 2.24) is 4.59 Å². The summed E-state index contributed by atoms with van der Waals surface area (Å²) in [4.78, 5) is 24.0. The van der Waals surface area contributed by atoms with E-state index in [1.165, 1.54) is 17.3 Å². The molecule has 6 nitrogen and oxygen atoms in total. The number of Topliss-reactive ketones (excluding diaryl/α,β-unsaturated/α-hetero) is 1.